The lowest BCUT2D eigenvalue weighted by molar-refractivity contribution is -0.0529. The molecular formula is C15H29NO. The topological polar surface area (TPSA) is 46.2 Å². The number of aliphatic hydroxyl groups excluding tert-OH is 1. The molecule has 1 atom stereocenters. The average molecular weight is 239 g/mol. The van der Waals surface area contributed by atoms with Gasteiger partial charge in [-0.05, 0) is 49.9 Å². The van der Waals surface area contributed by atoms with Crippen LogP contribution in [-0.4, -0.2) is 17.8 Å². The molecule has 2 nitrogen and oxygen atoms in total. The first-order chi connectivity index (χ1) is 7.99. The van der Waals surface area contributed by atoms with Gasteiger partial charge in [0.05, 0.1) is 6.10 Å². The predicted molar refractivity (Wildman–Crippen MR) is 71.7 cm³/mol. The van der Waals surface area contributed by atoms with E-state index in [9.17, 15) is 5.11 Å². The standard InChI is InChI=1S/C15H29NO/c1-14(2)7-9-15(11-16,10-8-14)13(17)12-5-3-4-6-12/h12-13,17H,3-11,16H2,1-2H3. The molecule has 0 heterocycles. The zero-order chi connectivity index (χ0) is 12.5. The summed E-state index contributed by atoms with van der Waals surface area (Å²) in [4.78, 5) is 0. The van der Waals surface area contributed by atoms with Crippen molar-refractivity contribution in [1.29, 1.82) is 0 Å². The monoisotopic (exact) mass is 239 g/mol. The van der Waals surface area contributed by atoms with Gasteiger partial charge in [-0.3, -0.25) is 0 Å². The quantitative estimate of drug-likeness (QED) is 0.795. The lowest BCUT2D eigenvalue weighted by Gasteiger charge is -2.47. The molecule has 100 valence electrons. The third-order valence-corrected chi connectivity index (χ3v) is 5.48. The zero-order valence-corrected chi connectivity index (χ0v) is 11.5. The molecule has 0 bridgehead atoms. The molecule has 0 saturated heterocycles. The maximum absolute atomic E-state index is 10.7. The molecule has 2 rings (SSSR count). The SMILES string of the molecule is CC1(C)CCC(CN)(C(O)C2CCCC2)CC1. The van der Waals surface area contributed by atoms with Crippen molar-refractivity contribution in [3.8, 4) is 0 Å². The Hall–Kier alpha value is -0.0800. The largest absolute Gasteiger partial charge is 0.392 e. The summed E-state index contributed by atoms with van der Waals surface area (Å²) in [6, 6.07) is 0. The van der Waals surface area contributed by atoms with Gasteiger partial charge in [0.2, 0.25) is 0 Å². The zero-order valence-electron chi connectivity index (χ0n) is 11.5. The van der Waals surface area contributed by atoms with Gasteiger partial charge in [-0.2, -0.15) is 0 Å². The second kappa shape index (κ2) is 4.89. The van der Waals surface area contributed by atoms with E-state index in [1.54, 1.807) is 0 Å². The van der Waals surface area contributed by atoms with Crippen LogP contribution in [0.1, 0.15) is 65.2 Å². The Labute approximate surface area is 106 Å². The van der Waals surface area contributed by atoms with Crippen LogP contribution in [-0.2, 0) is 0 Å². The smallest absolute Gasteiger partial charge is 0.0636 e. The second-order valence-electron chi connectivity index (χ2n) is 7.22. The van der Waals surface area contributed by atoms with Crippen LogP contribution in [0.3, 0.4) is 0 Å². The summed E-state index contributed by atoms with van der Waals surface area (Å²) < 4.78 is 0. The highest BCUT2D eigenvalue weighted by Gasteiger charge is 2.45. The molecule has 1 unspecified atom stereocenters. The van der Waals surface area contributed by atoms with Crippen LogP contribution in [0.4, 0.5) is 0 Å². The highest BCUT2D eigenvalue weighted by molar-refractivity contribution is 4.97. The summed E-state index contributed by atoms with van der Waals surface area (Å²) >= 11 is 0. The molecule has 0 amide bonds. The minimum Gasteiger partial charge on any atom is -0.392 e. The summed E-state index contributed by atoms with van der Waals surface area (Å²) in [6.07, 6.45) is 9.55. The van der Waals surface area contributed by atoms with E-state index in [4.69, 9.17) is 5.73 Å². The molecule has 0 spiro atoms. The van der Waals surface area contributed by atoms with Crippen molar-refractivity contribution >= 4 is 0 Å². The minimum absolute atomic E-state index is 0.0323. The van der Waals surface area contributed by atoms with Gasteiger partial charge in [-0.1, -0.05) is 26.7 Å². The minimum atomic E-state index is -0.147. The fourth-order valence-corrected chi connectivity index (χ4v) is 3.82. The Morgan fingerprint density at radius 2 is 1.65 bits per heavy atom. The van der Waals surface area contributed by atoms with Gasteiger partial charge in [-0.25, -0.2) is 0 Å². The summed E-state index contributed by atoms with van der Waals surface area (Å²) in [6.45, 7) is 5.35. The van der Waals surface area contributed by atoms with E-state index in [1.807, 2.05) is 0 Å². The van der Waals surface area contributed by atoms with Gasteiger partial charge in [-0.15, -0.1) is 0 Å². The van der Waals surface area contributed by atoms with E-state index < -0.39 is 0 Å². The highest BCUT2D eigenvalue weighted by atomic mass is 16.3. The van der Waals surface area contributed by atoms with Gasteiger partial charge >= 0.3 is 0 Å². The second-order valence-corrected chi connectivity index (χ2v) is 7.22. The first kappa shape index (κ1) is 13.4. The molecular weight excluding hydrogens is 210 g/mol. The molecule has 2 saturated carbocycles. The Kier molecular flexibility index (Phi) is 3.84. The van der Waals surface area contributed by atoms with Gasteiger partial charge in [0, 0.05) is 12.0 Å². The Morgan fingerprint density at radius 3 is 2.12 bits per heavy atom. The summed E-state index contributed by atoms with van der Waals surface area (Å²) in [5.74, 6) is 0.528. The van der Waals surface area contributed by atoms with E-state index in [0.717, 1.165) is 12.8 Å². The molecule has 0 aliphatic heterocycles. The third-order valence-electron chi connectivity index (χ3n) is 5.48. The maximum Gasteiger partial charge on any atom is 0.0636 e. The van der Waals surface area contributed by atoms with E-state index in [-0.39, 0.29) is 11.5 Å². The number of rotatable bonds is 3. The van der Waals surface area contributed by atoms with Crippen LogP contribution in [0.5, 0.6) is 0 Å². The van der Waals surface area contributed by atoms with Crippen molar-refractivity contribution < 1.29 is 5.11 Å². The fraction of sp³-hybridized carbons (Fsp3) is 1.00. The molecule has 3 N–H and O–H groups in total. The van der Waals surface area contributed by atoms with Crippen molar-refractivity contribution in [2.45, 2.75) is 71.3 Å². The van der Waals surface area contributed by atoms with Crippen LogP contribution in [0.15, 0.2) is 0 Å². The van der Waals surface area contributed by atoms with Crippen LogP contribution >= 0.6 is 0 Å². The van der Waals surface area contributed by atoms with Gasteiger partial charge in [0.1, 0.15) is 0 Å². The van der Waals surface area contributed by atoms with Crippen molar-refractivity contribution in [3.63, 3.8) is 0 Å². The molecule has 2 heteroatoms. The van der Waals surface area contributed by atoms with Crippen molar-refractivity contribution in [3.05, 3.63) is 0 Å². The molecule has 2 fully saturated rings. The summed E-state index contributed by atoms with van der Waals surface area (Å²) in [5, 5.41) is 10.7. The van der Waals surface area contributed by atoms with Crippen LogP contribution in [0.2, 0.25) is 0 Å². The molecule has 17 heavy (non-hydrogen) atoms. The normalized spacial score (nSPS) is 30.4. The maximum atomic E-state index is 10.7. The Balaban J connectivity index is 2.04. The molecule has 0 aromatic heterocycles. The Morgan fingerprint density at radius 1 is 1.12 bits per heavy atom. The Bertz CT molecular complexity index is 246. The third kappa shape index (κ3) is 2.68. The number of aliphatic hydroxyl groups is 1. The molecule has 0 aromatic rings. The van der Waals surface area contributed by atoms with Crippen molar-refractivity contribution in [1.82, 2.24) is 0 Å². The predicted octanol–water partition coefficient (Wildman–Crippen LogP) is 3.08. The first-order valence-corrected chi connectivity index (χ1v) is 7.37. The van der Waals surface area contributed by atoms with E-state index in [2.05, 4.69) is 13.8 Å². The van der Waals surface area contributed by atoms with Gasteiger partial charge in [0.15, 0.2) is 0 Å². The van der Waals surface area contributed by atoms with Crippen LogP contribution in [0.25, 0.3) is 0 Å². The summed E-state index contributed by atoms with van der Waals surface area (Å²) in [7, 11) is 0. The van der Waals surface area contributed by atoms with E-state index in [1.165, 1.54) is 38.5 Å². The molecule has 2 aliphatic carbocycles. The lowest BCUT2D eigenvalue weighted by Crippen LogP contribution is -2.48. The average Bonchev–Trinajstić information content (AvgIpc) is 2.82. The molecule has 2 aliphatic rings. The summed E-state index contributed by atoms with van der Waals surface area (Å²) in [5.41, 5.74) is 6.52. The number of hydrogen-bond donors (Lipinski definition) is 2. The highest BCUT2D eigenvalue weighted by Crippen LogP contribution is 2.49. The van der Waals surface area contributed by atoms with Crippen molar-refractivity contribution in [2.75, 3.05) is 6.54 Å². The van der Waals surface area contributed by atoms with E-state index >= 15 is 0 Å². The fourth-order valence-electron chi connectivity index (χ4n) is 3.82. The van der Waals surface area contributed by atoms with Gasteiger partial charge in [0.25, 0.3) is 0 Å². The number of hydrogen-bond acceptors (Lipinski definition) is 2. The molecule has 0 radical (unpaired) electrons. The first-order valence-electron chi connectivity index (χ1n) is 7.37. The van der Waals surface area contributed by atoms with Crippen LogP contribution < -0.4 is 5.73 Å². The number of nitrogens with two attached hydrogens (primary N) is 1. The van der Waals surface area contributed by atoms with Crippen molar-refractivity contribution in [2.24, 2.45) is 22.5 Å². The lowest BCUT2D eigenvalue weighted by atomic mass is 9.61. The van der Waals surface area contributed by atoms with Gasteiger partial charge < -0.3 is 10.8 Å². The van der Waals surface area contributed by atoms with Crippen LogP contribution in [0, 0.1) is 16.7 Å². The van der Waals surface area contributed by atoms with E-state index in [0.29, 0.717) is 17.9 Å². The molecule has 0 aromatic carbocycles.